The van der Waals surface area contributed by atoms with E-state index in [1.54, 1.807) is 0 Å². The molecule has 30 heavy (non-hydrogen) atoms. The molecule has 1 unspecified atom stereocenters. The number of fused-ring (bicyclic) bond motifs is 2. The van der Waals surface area contributed by atoms with Crippen LogP contribution in [0.25, 0.3) is 9.53 Å². The van der Waals surface area contributed by atoms with E-state index >= 15 is 0 Å². The molecule has 2 aliphatic rings. The molecular weight excluding hydrogens is 423 g/mol. The van der Waals surface area contributed by atoms with Crippen molar-refractivity contribution in [3.63, 3.8) is 0 Å². The maximum Gasteiger partial charge on any atom is 0.263 e. The number of thiophene rings is 1. The van der Waals surface area contributed by atoms with Crippen LogP contribution in [0.2, 0.25) is 0 Å². The third-order valence-electron chi connectivity index (χ3n) is 5.70. The number of amides is 1. The van der Waals surface area contributed by atoms with E-state index in [-0.39, 0.29) is 17.8 Å². The Morgan fingerprint density at radius 2 is 2.13 bits per heavy atom. The molecule has 4 N–H and O–H groups in total. The fraction of sp³-hybridized carbons (Fsp3) is 0.450. The van der Waals surface area contributed by atoms with Crippen LogP contribution in [0.3, 0.4) is 0 Å². The maximum absolute atomic E-state index is 14.9. The lowest BCUT2D eigenvalue weighted by molar-refractivity contribution is 0.0938. The van der Waals surface area contributed by atoms with Gasteiger partial charge in [-0.05, 0) is 26.2 Å². The molecule has 1 fully saturated rings. The molecule has 1 atom stereocenters. The van der Waals surface area contributed by atoms with Gasteiger partial charge in [0.2, 0.25) is 0 Å². The summed E-state index contributed by atoms with van der Waals surface area (Å²) in [5.41, 5.74) is 8.10. The standard InChI is InChI=1S/C20H23FN6OS2/c1-10-24-20-18(29-10)16(22)17(30-20)19(28)25-11-2-3-14-12(8-11)13(21)9-15(26-14)27-6-4-23-5-7-27/h9,11,23H,2-8,22H2,1H3,(H,25,28). The molecule has 1 aliphatic carbocycles. The van der Waals surface area contributed by atoms with E-state index in [9.17, 15) is 9.18 Å². The number of hydrogen-bond acceptors (Lipinski definition) is 8. The summed E-state index contributed by atoms with van der Waals surface area (Å²) < 4.78 is 15.8. The first-order chi connectivity index (χ1) is 14.5. The highest BCUT2D eigenvalue weighted by molar-refractivity contribution is 7.29. The molecule has 3 aromatic rings. The van der Waals surface area contributed by atoms with Crippen LogP contribution in [0.15, 0.2) is 6.07 Å². The molecule has 7 nitrogen and oxygen atoms in total. The average Bonchev–Trinajstić information content (AvgIpc) is 3.26. The first kappa shape index (κ1) is 19.7. The minimum absolute atomic E-state index is 0.138. The molecule has 0 saturated carbocycles. The maximum atomic E-state index is 14.9. The van der Waals surface area contributed by atoms with E-state index in [0.717, 1.165) is 52.8 Å². The Kier molecular flexibility index (Phi) is 5.08. The number of aryl methyl sites for hydroxylation is 2. The smallest absolute Gasteiger partial charge is 0.263 e. The Bertz CT molecular complexity index is 1120. The predicted octanol–water partition coefficient (Wildman–Crippen LogP) is 2.48. The van der Waals surface area contributed by atoms with Gasteiger partial charge in [0.05, 0.1) is 15.4 Å². The van der Waals surface area contributed by atoms with E-state index < -0.39 is 0 Å². The van der Waals surface area contributed by atoms with Crippen LogP contribution in [-0.2, 0) is 12.8 Å². The third kappa shape index (κ3) is 3.52. The van der Waals surface area contributed by atoms with Gasteiger partial charge in [-0.2, -0.15) is 0 Å². The number of piperazine rings is 1. The second kappa shape index (κ2) is 7.75. The second-order valence-corrected chi connectivity index (χ2v) is 9.95. The Morgan fingerprint density at radius 3 is 2.90 bits per heavy atom. The topological polar surface area (TPSA) is 96.2 Å². The van der Waals surface area contributed by atoms with Crippen LogP contribution in [0.4, 0.5) is 15.9 Å². The minimum Gasteiger partial charge on any atom is -0.396 e. The van der Waals surface area contributed by atoms with Gasteiger partial charge in [0.25, 0.3) is 5.91 Å². The van der Waals surface area contributed by atoms with Crippen LogP contribution in [0.5, 0.6) is 0 Å². The quantitative estimate of drug-likeness (QED) is 0.572. The highest BCUT2D eigenvalue weighted by Gasteiger charge is 2.28. The molecule has 0 radical (unpaired) electrons. The van der Waals surface area contributed by atoms with Crippen molar-refractivity contribution in [2.75, 3.05) is 36.8 Å². The molecule has 3 aromatic heterocycles. The van der Waals surface area contributed by atoms with Crippen molar-refractivity contribution in [2.45, 2.75) is 32.2 Å². The Labute approximate surface area is 181 Å². The molecule has 4 heterocycles. The fourth-order valence-electron chi connectivity index (χ4n) is 4.16. The fourth-order valence-corrected chi connectivity index (χ4v) is 6.25. The number of anilines is 2. The second-order valence-electron chi connectivity index (χ2n) is 7.75. The molecule has 0 bridgehead atoms. The summed E-state index contributed by atoms with van der Waals surface area (Å²) >= 11 is 2.81. The van der Waals surface area contributed by atoms with Gasteiger partial charge in [-0.3, -0.25) is 4.79 Å². The van der Waals surface area contributed by atoms with E-state index in [4.69, 9.17) is 10.7 Å². The number of nitrogen functional groups attached to an aromatic ring is 1. The number of carbonyl (C=O) groups is 1. The van der Waals surface area contributed by atoms with E-state index in [1.807, 2.05) is 6.92 Å². The van der Waals surface area contributed by atoms with Crippen LogP contribution in [0.1, 0.15) is 32.4 Å². The summed E-state index contributed by atoms with van der Waals surface area (Å²) in [4.78, 5) is 25.4. The lowest BCUT2D eigenvalue weighted by atomic mass is 9.91. The first-order valence-electron chi connectivity index (χ1n) is 10.1. The van der Waals surface area contributed by atoms with E-state index in [0.29, 0.717) is 34.8 Å². The minimum atomic E-state index is -0.233. The van der Waals surface area contributed by atoms with Gasteiger partial charge in [-0.25, -0.2) is 14.4 Å². The number of thiazole rings is 1. The normalized spacial score (nSPS) is 19.1. The predicted molar refractivity (Wildman–Crippen MR) is 119 cm³/mol. The van der Waals surface area contributed by atoms with Gasteiger partial charge in [0.15, 0.2) is 0 Å². The molecular formula is C20H23FN6OS2. The van der Waals surface area contributed by atoms with E-state index in [1.165, 1.54) is 28.7 Å². The Morgan fingerprint density at radius 1 is 1.33 bits per heavy atom. The van der Waals surface area contributed by atoms with E-state index in [2.05, 4.69) is 20.5 Å². The summed E-state index contributed by atoms with van der Waals surface area (Å²) in [6.07, 6.45) is 1.82. The van der Waals surface area contributed by atoms with Gasteiger partial charge in [0.1, 0.15) is 21.3 Å². The van der Waals surface area contributed by atoms with Crippen LogP contribution in [0, 0.1) is 12.7 Å². The van der Waals surface area contributed by atoms with Crippen LogP contribution >= 0.6 is 22.7 Å². The molecule has 1 amide bonds. The zero-order valence-corrected chi connectivity index (χ0v) is 18.3. The summed E-state index contributed by atoms with van der Waals surface area (Å²) in [6.45, 7) is 5.35. The van der Waals surface area contributed by atoms with Crippen molar-refractivity contribution in [3.8, 4) is 0 Å². The summed E-state index contributed by atoms with van der Waals surface area (Å²) in [5.74, 6) is 0.271. The number of aromatic nitrogens is 2. The van der Waals surface area contributed by atoms with Gasteiger partial charge < -0.3 is 21.3 Å². The van der Waals surface area contributed by atoms with Crippen molar-refractivity contribution in [1.29, 1.82) is 0 Å². The summed E-state index contributed by atoms with van der Waals surface area (Å²) in [7, 11) is 0. The Hall–Kier alpha value is -2.30. The lowest BCUT2D eigenvalue weighted by Gasteiger charge is -2.31. The monoisotopic (exact) mass is 446 g/mol. The van der Waals surface area contributed by atoms with Crippen molar-refractivity contribution >= 4 is 49.6 Å². The summed E-state index contributed by atoms with van der Waals surface area (Å²) in [5, 5.41) is 7.27. The van der Waals surface area contributed by atoms with Gasteiger partial charge in [0, 0.05) is 49.5 Å². The zero-order chi connectivity index (χ0) is 20.8. The molecule has 158 valence electrons. The largest absolute Gasteiger partial charge is 0.396 e. The number of hydrogen-bond donors (Lipinski definition) is 3. The van der Waals surface area contributed by atoms with Crippen molar-refractivity contribution in [3.05, 3.63) is 33.0 Å². The van der Waals surface area contributed by atoms with Crippen LogP contribution < -0.4 is 21.3 Å². The number of nitrogens with zero attached hydrogens (tertiary/aromatic N) is 3. The van der Waals surface area contributed by atoms with Crippen molar-refractivity contribution < 1.29 is 9.18 Å². The molecule has 1 saturated heterocycles. The lowest BCUT2D eigenvalue weighted by Crippen LogP contribution is -2.44. The first-order valence-corrected chi connectivity index (χ1v) is 11.7. The molecule has 1 aliphatic heterocycles. The molecule has 5 rings (SSSR count). The summed E-state index contributed by atoms with van der Waals surface area (Å²) in [6, 6.07) is 1.40. The number of nitrogens with two attached hydrogens (primary N) is 1. The Balaban J connectivity index is 1.32. The zero-order valence-electron chi connectivity index (χ0n) is 16.6. The van der Waals surface area contributed by atoms with Gasteiger partial charge in [-0.15, -0.1) is 22.7 Å². The highest BCUT2D eigenvalue weighted by atomic mass is 32.1. The number of halogens is 1. The molecule has 10 heteroatoms. The number of nitrogens with one attached hydrogen (secondary N) is 2. The average molecular weight is 447 g/mol. The van der Waals surface area contributed by atoms with Crippen molar-refractivity contribution in [2.24, 2.45) is 0 Å². The number of pyridine rings is 1. The molecule has 0 aromatic carbocycles. The molecule has 0 spiro atoms. The number of rotatable bonds is 3. The van der Waals surface area contributed by atoms with Gasteiger partial charge in [-0.1, -0.05) is 0 Å². The van der Waals surface area contributed by atoms with Crippen LogP contribution in [-0.4, -0.2) is 48.1 Å². The SMILES string of the molecule is Cc1nc2sc(C(=O)NC3CCc4nc(N5CCNCC5)cc(F)c4C3)c(N)c2s1. The third-order valence-corrected chi connectivity index (χ3v) is 7.93. The number of carbonyl (C=O) groups excluding carboxylic acids is 1. The van der Waals surface area contributed by atoms with Gasteiger partial charge >= 0.3 is 0 Å². The van der Waals surface area contributed by atoms with Crippen molar-refractivity contribution in [1.82, 2.24) is 20.6 Å². The highest BCUT2D eigenvalue weighted by Crippen LogP contribution is 2.37.